The van der Waals surface area contributed by atoms with E-state index < -0.39 is 0 Å². The molecule has 1 heterocycles. The van der Waals surface area contributed by atoms with Crippen LogP contribution in [0.15, 0.2) is 0 Å². The molecule has 1 aliphatic rings. The lowest BCUT2D eigenvalue weighted by atomic mass is 10.4. The first-order valence-electron chi connectivity index (χ1n) is 6.48. The van der Waals surface area contributed by atoms with Crippen molar-refractivity contribution in [2.24, 2.45) is 0 Å². The van der Waals surface area contributed by atoms with Gasteiger partial charge in [-0.2, -0.15) is 0 Å². The van der Waals surface area contributed by atoms with E-state index in [4.69, 9.17) is 0 Å². The average molecular weight is 261 g/mol. The predicted molar refractivity (Wildman–Crippen MR) is 72.1 cm³/mol. The topological polar surface area (TPSA) is 61.9 Å². The van der Waals surface area contributed by atoms with Crippen LogP contribution in [0.25, 0.3) is 0 Å². The monoisotopic (exact) mass is 261 g/mol. The van der Waals surface area contributed by atoms with Crippen molar-refractivity contribution in [3.8, 4) is 0 Å². The lowest BCUT2D eigenvalue weighted by Crippen LogP contribution is -2.54. The molecular weight excluding hydrogens is 234 g/mol. The summed E-state index contributed by atoms with van der Waals surface area (Å²) in [6, 6.07) is 0. The van der Waals surface area contributed by atoms with Crippen molar-refractivity contribution in [3.05, 3.63) is 0 Å². The summed E-state index contributed by atoms with van der Waals surface area (Å²) in [5, 5.41) is 1.79. The van der Waals surface area contributed by atoms with Crippen molar-refractivity contribution in [2.45, 2.75) is 34.6 Å². The molecule has 6 nitrogen and oxygen atoms in total. The third kappa shape index (κ3) is 7.89. The summed E-state index contributed by atoms with van der Waals surface area (Å²) in [5.74, 6) is -0.0866. The summed E-state index contributed by atoms with van der Waals surface area (Å²) in [7, 11) is 1.36. The van der Waals surface area contributed by atoms with Crippen molar-refractivity contribution in [1.82, 2.24) is 15.3 Å². The van der Waals surface area contributed by atoms with Gasteiger partial charge in [-0.05, 0) is 0 Å². The van der Waals surface area contributed by atoms with Gasteiger partial charge in [0.05, 0.1) is 7.11 Å². The minimum Gasteiger partial charge on any atom is -0.453 e. The van der Waals surface area contributed by atoms with Gasteiger partial charge in [0, 0.05) is 33.1 Å². The van der Waals surface area contributed by atoms with Crippen molar-refractivity contribution in [3.63, 3.8) is 0 Å². The number of hydrazine groups is 1. The van der Waals surface area contributed by atoms with Gasteiger partial charge in [-0.15, -0.1) is 0 Å². The van der Waals surface area contributed by atoms with Crippen LogP contribution in [0.3, 0.4) is 0 Å². The average Bonchev–Trinajstić information content (AvgIpc) is 2.42. The van der Waals surface area contributed by atoms with Crippen LogP contribution in [0, 0.1) is 0 Å². The highest BCUT2D eigenvalue weighted by molar-refractivity contribution is 5.72. The Hall–Kier alpha value is -1.30. The minimum absolute atomic E-state index is 0.0866. The number of ether oxygens (including phenoxy) is 1. The number of nitrogens with zero attached hydrogens (tertiary/aromatic N) is 2. The normalized spacial score (nSPS) is 14.4. The highest BCUT2D eigenvalue weighted by atomic mass is 16.5. The van der Waals surface area contributed by atoms with Crippen molar-refractivity contribution in [2.75, 3.05) is 33.3 Å². The molecule has 108 valence electrons. The molecule has 0 atom stereocenters. The fraction of sp³-hybridized carbons (Fsp3) is 0.833. The molecule has 2 amide bonds. The fourth-order valence-corrected chi connectivity index (χ4v) is 1.35. The lowest BCUT2D eigenvalue weighted by molar-refractivity contribution is -0.124. The van der Waals surface area contributed by atoms with Gasteiger partial charge in [-0.25, -0.2) is 9.80 Å². The largest absolute Gasteiger partial charge is 0.453 e. The number of nitrogens with one attached hydrogen (secondary N) is 1. The minimum atomic E-state index is -0.313. The smallest absolute Gasteiger partial charge is 0.409 e. The second-order valence-corrected chi connectivity index (χ2v) is 3.11. The molecule has 0 bridgehead atoms. The second-order valence-electron chi connectivity index (χ2n) is 3.11. The highest BCUT2D eigenvalue weighted by Gasteiger charge is 2.21. The van der Waals surface area contributed by atoms with E-state index in [1.807, 2.05) is 27.7 Å². The number of methoxy groups -OCH3 is 1. The molecule has 1 saturated heterocycles. The highest BCUT2D eigenvalue weighted by Crippen LogP contribution is 2.00. The van der Waals surface area contributed by atoms with Gasteiger partial charge in [0.2, 0.25) is 5.91 Å². The van der Waals surface area contributed by atoms with Crippen LogP contribution in [-0.4, -0.2) is 55.2 Å². The number of hydrogen-bond donors (Lipinski definition) is 1. The molecule has 1 aliphatic heterocycles. The van der Waals surface area contributed by atoms with Crippen molar-refractivity contribution >= 4 is 12.0 Å². The van der Waals surface area contributed by atoms with Crippen molar-refractivity contribution < 1.29 is 14.3 Å². The van der Waals surface area contributed by atoms with Crippen LogP contribution in [0.2, 0.25) is 0 Å². The predicted octanol–water partition coefficient (Wildman–Crippen LogP) is 1.47. The van der Waals surface area contributed by atoms with Gasteiger partial charge < -0.3 is 9.64 Å². The standard InChI is InChI=1S/C8H15N3O3.2C2H6/c1-7(12)9-11-5-3-10(4-6-11)8(13)14-2;2*1-2/h3-6H2,1-2H3,(H,9,12);2*1-2H3. The molecular formula is C12H27N3O3. The van der Waals surface area contributed by atoms with E-state index in [1.54, 1.807) is 9.91 Å². The van der Waals surface area contributed by atoms with Gasteiger partial charge in [-0.3, -0.25) is 10.2 Å². The lowest BCUT2D eigenvalue weighted by Gasteiger charge is -2.33. The zero-order valence-electron chi connectivity index (χ0n) is 12.4. The third-order valence-electron chi connectivity index (χ3n) is 2.03. The SMILES string of the molecule is CC.CC.COC(=O)N1CCN(NC(C)=O)CC1. The third-order valence-corrected chi connectivity index (χ3v) is 2.03. The number of hydrogen-bond acceptors (Lipinski definition) is 4. The summed E-state index contributed by atoms with van der Waals surface area (Å²) >= 11 is 0. The zero-order chi connectivity index (χ0) is 14.6. The van der Waals surface area contributed by atoms with Gasteiger partial charge in [-0.1, -0.05) is 27.7 Å². The summed E-state index contributed by atoms with van der Waals surface area (Å²) in [5.41, 5.74) is 2.67. The van der Waals surface area contributed by atoms with Gasteiger partial charge in [0.1, 0.15) is 0 Å². The molecule has 0 saturated carbocycles. The van der Waals surface area contributed by atoms with Crippen LogP contribution in [-0.2, 0) is 9.53 Å². The second kappa shape index (κ2) is 12.2. The summed E-state index contributed by atoms with van der Waals surface area (Å²) in [4.78, 5) is 23.4. The van der Waals surface area contributed by atoms with E-state index in [0.29, 0.717) is 26.2 Å². The van der Waals surface area contributed by atoms with Crippen LogP contribution in [0.4, 0.5) is 4.79 Å². The molecule has 0 aromatic heterocycles. The van der Waals surface area contributed by atoms with Crippen LogP contribution in [0.5, 0.6) is 0 Å². The number of piperazine rings is 1. The molecule has 1 N–H and O–H groups in total. The molecule has 0 radical (unpaired) electrons. The maximum Gasteiger partial charge on any atom is 0.409 e. The van der Waals surface area contributed by atoms with Gasteiger partial charge in [0.15, 0.2) is 0 Å². The Morgan fingerprint density at radius 1 is 1.00 bits per heavy atom. The number of carbonyl (C=O) groups excluding carboxylic acids is 2. The fourth-order valence-electron chi connectivity index (χ4n) is 1.35. The molecule has 0 aliphatic carbocycles. The Morgan fingerprint density at radius 2 is 1.44 bits per heavy atom. The zero-order valence-corrected chi connectivity index (χ0v) is 12.4. The Morgan fingerprint density at radius 3 is 1.78 bits per heavy atom. The summed E-state index contributed by atoms with van der Waals surface area (Å²) < 4.78 is 4.59. The Bertz CT molecular complexity index is 227. The maximum atomic E-state index is 11.1. The molecule has 1 rings (SSSR count). The molecule has 18 heavy (non-hydrogen) atoms. The molecule has 6 heteroatoms. The van der Waals surface area contributed by atoms with E-state index in [9.17, 15) is 9.59 Å². The van der Waals surface area contributed by atoms with Crippen LogP contribution in [0.1, 0.15) is 34.6 Å². The molecule has 1 fully saturated rings. The Labute approximate surface area is 110 Å². The first kappa shape index (κ1) is 19.0. The van der Waals surface area contributed by atoms with E-state index in [0.717, 1.165) is 0 Å². The number of carbonyl (C=O) groups is 2. The van der Waals surface area contributed by atoms with E-state index in [1.165, 1.54) is 14.0 Å². The number of amides is 2. The summed E-state index contributed by atoms with van der Waals surface area (Å²) in [6.45, 7) is 11.9. The van der Waals surface area contributed by atoms with Crippen molar-refractivity contribution in [1.29, 1.82) is 0 Å². The van der Waals surface area contributed by atoms with E-state index in [2.05, 4.69) is 10.2 Å². The first-order chi connectivity index (χ1) is 8.63. The van der Waals surface area contributed by atoms with Gasteiger partial charge >= 0.3 is 6.09 Å². The molecule has 0 unspecified atom stereocenters. The summed E-state index contributed by atoms with van der Waals surface area (Å²) in [6.07, 6.45) is -0.313. The van der Waals surface area contributed by atoms with Crippen LogP contribution >= 0.6 is 0 Å². The number of rotatable bonds is 1. The van der Waals surface area contributed by atoms with E-state index in [-0.39, 0.29) is 12.0 Å². The van der Waals surface area contributed by atoms with Gasteiger partial charge in [0.25, 0.3) is 0 Å². The first-order valence-corrected chi connectivity index (χ1v) is 6.48. The maximum absolute atomic E-state index is 11.1. The quantitative estimate of drug-likeness (QED) is 0.776. The van der Waals surface area contributed by atoms with E-state index >= 15 is 0 Å². The Kier molecular flexibility index (Phi) is 12.9. The Balaban J connectivity index is 0. The molecule has 0 spiro atoms. The molecule has 0 aromatic rings. The molecule has 0 aromatic carbocycles. The van der Waals surface area contributed by atoms with Crippen LogP contribution < -0.4 is 5.43 Å².